The average molecular weight is 232 g/mol. The Hall–Kier alpha value is -1.02. The monoisotopic (exact) mass is 232 g/mol. The van der Waals surface area contributed by atoms with Crippen molar-refractivity contribution in [3.8, 4) is 0 Å². The molecule has 0 aromatic heterocycles. The van der Waals surface area contributed by atoms with E-state index in [1.54, 1.807) is 0 Å². The van der Waals surface area contributed by atoms with Gasteiger partial charge in [0.25, 0.3) is 0 Å². The van der Waals surface area contributed by atoms with Gasteiger partial charge in [-0.2, -0.15) is 0 Å². The summed E-state index contributed by atoms with van der Waals surface area (Å²) in [7, 11) is 0. The molecule has 1 aromatic rings. The molecule has 1 atom stereocenters. The van der Waals surface area contributed by atoms with E-state index in [0.717, 1.165) is 19.6 Å². The van der Waals surface area contributed by atoms with E-state index in [9.17, 15) is 0 Å². The van der Waals surface area contributed by atoms with E-state index in [2.05, 4.69) is 62.2 Å². The second-order valence-corrected chi connectivity index (χ2v) is 6.09. The topological polar surface area (TPSA) is 15.3 Å². The first kappa shape index (κ1) is 12.4. The number of nitrogens with zero attached hydrogens (tertiary/aromatic N) is 1. The van der Waals surface area contributed by atoms with E-state index in [1.165, 1.54) is 11.3 Å². The summed E-state index contributed by atoms with van der Waals surface area (Å²) in [6, 6.07) is 8.82. The Bertz CT molecular complexity index is 384. The van der Waals surface area contributed by atoms with Crippen LogP contribution in [0.1, 0.15) is 26.3 Å². The Morgan fingerprint density at radius 3 is 2.82 bits per heavy atom. The summed E-state index contributed by atoms with van der Waals surface area (Å²) in [5, 5.41) is 3.64. The van der Waals surface area contributed by atoms with Crippen LogP contribution in [0.3, 0.4) is 0 Å². The first-order chi connectivity index (χ1) is 7.96. The van der Waals surface area contributed by atoms with E-state index in [4.69, 9.17) is 0 Å². The summed E-state index contributed by atoms with van der Waals surface area (Å²) >= 11 is 0. The smallest absolute Gasteiger partial charge is 0.0369 e. The quantitative estimate of drug-likeness (QED) is 0.801. The lowest BCUT2D eigenvalue weighted by Crippen LogP contribution is -2.46. The summed E-state index contributed by atoms with van der Waals surface area (Å²) in [4.78, 5) is 2.51. The highest BCUT2D eigenvalue weighted by atomic mass is 15.2. The van der Waals surface area contributed by atoms with E-state index in [-0.39, 0.29) is 5.54 Å². The third-order valence-corrected chi connectivity index (χ3v) is 3.41. The molecule has 17 heavy (non-hydrogen) atoms. The molecule has 1 saturated heterocycles. The second kappa shape index (κ2) is 4.69. The van der Waals surface area contributed by atoms with Crippen LogP contribution in [0.25, 0.3) is 0 Å². The molecule has 1 aliphatic rings. The molecule has 2 rings (SSSR count). The fourth-order valence-corrected chi connectivity index (χ4v) is 2.51. The van der Waals surface area contributed by atoms with Gasteiger partial charge in [-0.15, -0.1) is 0 Å². The van der Waals surface area contributed by atoms with E-state index in [0.29, 0.717) is 5.92 Å². The molecular formula is C15H24N2. The van der Waals surface area contributed by atoms with E-state index < -0.39 is 0 Å². The largest absolute Gasteiger partial charge is 0.369 e. The molecular weight excluding hydrogens is 208 g/mol. The van der Waals surface area contributed by atoms with Crippen LogP contribution in [-0.4, -0.2) is 25.2 Å². The number of hydrogen-bond acceptors (Lipinski definition) is 2. The summed E-state index contributed by atoms with van der Waals surface area (Å²) < 4.78 is 0. The SMILES string of the molecule is Cc1cccc(N2CC(C)CNC(C)(C)C2)c1. The van der Waals surface area contributed by atoms with E-state index in [1.807, 2.05) is 0 Å². The van der Waals surface area contributed by atoms with Gasteiger partial charge >= 0.3 is 0 Å². The fourth-order valence-electron chi connectivity index (χ4n) is 2.51. The van der Waals surface area contributed by atoms with Crippen LogP contribution in [0, 0.1) is 12.8 Å². The third-order valence-electron chi connectivity index (χ3n) is 3.41. The van der Waals surface area contributed by atoms with Gasteiger partial charge in [-0.3, -0.25) is 0 Å². The number of hydrogen-bond donors (Lipinski definition) is 1. The lowest BCUT2D eigenvalue weighted by molar-refractivity contribution is 0.402. The van der Waals surface area contributed by atoms with Gasteiger partial charge in [0.1, 0.15) is 0 Å². The molecule has 0 spiro atoms. The van der Waals surface area contributed by atoms with Crippen LogP contribution in [0.2, 0.25) is 0 Å². The lowest BCUT2D eigenvalue weighted by atomic mass is 10.1. The Morgan fingerprint density at radius 2 is 2.12 bits per heavy atom. The van der Waals surface area contributed by atoms with Crippen LogP contribution >= 0.6 is 0 Å². The van der Waals surface area contributed by atoms with Crippen LogP contribution in [0.5, 0.6) is 0 Å². The Morgan fingerprint density at radius 1 is 1.35 bits per heavy atom. The minimum absolute atomic E-state index is 0.189. The van der Waals surface area contributed by atoms with E-state index >= 15 is 0 Å². The normalized spacial score (nSPS) is 24.5. The molecule has 94 valence electrons. The Balaban J connectivity index is 2.23. The molecule has 0 aliphatic carbocycles. The fraction of sp³-hybridized carbons (Fsp3) is 0.600. The van der Waals surface area contributed by atoms with Gasteiger partial charge in [-0.05, 0) is 50.9 Å². The zero-order valence-electron chi connectivity index (χ0n) is 11.5. The number of anilines is 1. The first-order valence-electron chi connectivity index (χ1n) is 6.53. The zero-order valence-corrected chi connectivity index (χ0v) is 11.5. The number of rotatable bonds is 1. The van der Waals surface area contributed by atoms with Gasteiger partial charge in [0, 0.05) is 24.3 Å². The molecule has 0 amide bonds. The van der Waals surface area contributed by atoms with Crippen molar-refractivity contribution < 1.29 is 0 Å². The van der Waals surface area contributed by atoms with Crippen molar-refractivity contribution in [1.29, 1.82) is 0 Å². The summed E-state index contributed by atoms with van der Waals surface area (Å²) in [5.74, 6) is 0.692. The molecule has 1 N–H and O–H groups in total. The Labute approximate surface area is 105 Å². The van der Waals surface area contributed by atoms with Crippen molar-refractivity contribution >= 4 is 5.69 Å². The maximum atomic E-state index is 3.64. The number of benzene rings is 1. The standard InChI is InChI=1S/C15H24N2/c1-12-6-5-7-14(8-12)17-10-13(2)9-16-15(3,4)11-17/h5-8,13,16H,9-11H2,1-4H3. The molecule has 0 bridgehead atoms. The van der Waals surface area contributed by atoms with Gasteiger partial charge < -0.3 is 10.2 Å². The van der Waals surface area contributed by atoms with Crippen LogP contribution < -0.4 is 10.2 Å². The lowest BCUT2D eigenvalue weighted by Gasteiger charge is -2.31. The summed E-state index contributed by atoms with van der Waals surface area (Å²) in [6.07, 6.45) is 0. The van der Waals surface area contributed by atoms with Crippen LogP contribution in [0.4, 0.5) is 5.69 Å². The molecule has 0 radical (unpaired) electrons. The van der Waals surface area contributed by atoms with Crippen molar-refractivity contribution in [1.82, 2.24) is 5.32 Å². The number of nitrogens with one attached hydrogen (secondary N) is 1. The summed E-state index contributed by atoms with van der Waals surface area (Å²) in [6.45, 7) is 12.4. The van der Waals surface area contributed by atoms with Crippen molar-refractivity contribution in [3.05, 3.63) is 29.8 Å². The minimum atomic E-state index is 0.189. The highest BCUT2D eigenvalue weighted by molar-refractivity contribution is 5.49. The maximum Gasteiger partial charge on any atom is 0.0369 e. The maximum absolute atomic E-state index is 3.64. The van der Waals surface area contributed by atoms with Crippen molar-refractivity contribution in [3.63, 3.8) is 0 Å². The highest BCUT2D eigenvalue weighted by Gasteiger charge is 2.26. The first-order valence-corrected chi connectivity index (χ1v) is 6.53. The molecule has 1 aliphatic heterocycles. The van der Waals surface area contributed by atoms with Gasteiger partial charge in [0.05, 0.1) is 0 Å². The van der Waals surface area contributed by atoms with Crippen molar-refractivity contribution in [2.45, 2.75) is 33.2 Å². The predicted molar refractivity (Wildman–Crippen MR) is 74.6 cm³/mol. The molecule has 2 heteroatoms. The van der Waals surface area contributed by atoms with Gasteiger partial charge in [-0.25, -0.2) is 0 Å². The van der Waals surface area contributed by atoms with Crippen molar-refractivity contribution in [2.75, 3.05) is 24.5 Å². The molecule has 1 unspecified atom stereocenters. The van der Waals surface area contributed by atoms with Crippen LogP contribution in [-0.2, 0) is 0 Å². The van der Waals surface area contributed by atoms with Gasteiger partial charge in [-0.1, -0.05) is 19.1 Å². The van der Waals surface area contributed by atoms with Crippen LogP contribution in [0.15, 0.2) is 24.3 Å². The minimum Gasteiger partial charge on any atom is -0.369 e. The van der Waals surface area contributed by atoms with Gasteiger partial charge in [0.15, 0.2) is 0 Å². The van der Waals surface area contributed by atoms with Gasteiger partial charge in [0.2, 0.25) is 0 Å². The summed E-state index contributed by atoms with van der Waals surface area (Å²) in [5.41, 5.74) is 2.88. The molecule has 1 aromatic carbocycles. The highest BCUT2D eigenvalue weighted by Crippen LogP contribution is 2.22. The Kier molecular flexibility index (Phi) is 3.43. The second-order valence-electron chi connectivity index (χ2n) is 6.09. The molecule has 1 heterocycles. The molecule has 2 nitrogen and oxygen atoms in total. The number of aryl methyl sites for hydroxylation is 1. The molecule has 0 saturated carbocycles. The predicted octanol–water partition coefficient (Wildman–Crippen LogP) is 2.82. The molecule has 1 fully saturated rings. The zero-order chi connectivity index (χ0) is 12.5. The third kappa shape index (κ3) is 3.22. The average Bonchev–Trinajstić information content (AvgIpc) is 2.38. The van der Waals surface area contributed by atoms with Crippen molar-refractivity contribution in [2.24, 2.45) is 5.92 Å².